The van der Waals surface area contributed by atoms with Crippen LogP contribution in [-0.4, -0.2) is 25.3 Å². The van der Waals surface area contributed by atoms with Crippen molar-refractivity contribution in [2.45, 2.75) is 31.8 Å². The molecule has 0 aliphatic heterocycles. The molecule has 1 aromatic heterocycles. The minimum Gasteiger partial charge on any atom is -0.497 e. The minimum atomic E-state index is -3.61. The van der Waals surface area contributed by atoms with Gasteiger partial charge in [-0.25, -0.2) is 13.1 Å². The summed E-state index contributed by atoms with van der Waals surface area (Å²) in [5.74, 6) is 0.614. The lowest BCUT2D eigenvalue weighted by atomic mass is 10.2. The third-order valence-electron chi connectivity index (χ3n) is 4.52. The first-order valence-electron chi connectivity index (χ1n) is 8.61. The number of nitrogens with one attached hydrogen (secondary N) is 1. The minimum absolute atomic E-state index is 0.195. The molecule has 0 radical (unpaired) electrons. The fourth-order valence-corrected chi connectivity index (χ4v) is 3.90. The second kappa shape index (κ2) is 7.94. The molecule has 0 saturated carbocycles. The maximum absolute atomic E-state index is 12.5. The van der Waals surface area contributed by atoms with Crippen LogP contribution in [-0.2, 0) is 23.1 Å². The van der Waals surface area contributed by atoms with Crippen LogP contribution in [0.4, 0.5) is 0 Å². The van der Waals surface area contributed by atoms with Crippen molar-refractivity contribution in [2.75, 3.05) is 7.11 Å². The Kier molecular flexibility index (Phi) is 5.62. The zero-order valence-electron chi connectivity index (χ0n) is 15.6. The summed E-state index contributed by atoms with van der Waals surface area (Å²) in [5, 5.41) is 4.57. The van der Waals surface area contributed by atoms with Gasteiger partial charge in [-0.2, -0.15) is 5.10 Å². The number of methoxy groups -OCH3 is 1. The molecule has 0 spiro atoms. The highest BCUT2D eigenvalue weighted by atomic mass is 32.2. The average Bonchev–Trinajstić information content (AvgIpc) is 2.94. The molecule has 0 aliphatic rings. The van der Waals surface area contributed by atoms with Gasteiger partial charge in [0.2, 0.25) is 10.0 Å². The predicted octanol–water partition coefficient (Wildman–Crippen LogP) is 3.04. The Labute approximate surface area is 159 Å². The smallest absolute Gasteiger partial charge is 0.240 e. The number of ether oxygens (including phenoxy) is 1. The van der Waals surface area contributed by atoms with E-state index in [1.807, 2.05) is 48.9 Å². The summed E-state index contributed by atoms with van der Waals surface area (Å²) < 4.78 is 34.7. The van der Waals surface area contributed by atoms with Crippen LogP contribution >= 0.6 is 0 Å². The maximum Gasteiger partial charge on any atom is 0.240 e. The predicted molar refractivity (Wildman–Crippen MR) is 104 cm³/mol. The molecular weight excluding hydrogens is 362 g/mol. The Morgan fingerprint density at radius 1 is 1.04 bits per heavy atom. The van der Waals surface area contributed by atoms with Crippen LogP contribution in [0, 0.1) is 13.8 Å². The Balaban J connectivity index is 1.75. The SMILES string of the molecule is COc1ccc(S(=O)(=O)NCc2c(C)nn(Cc3ccccc3)c2C)cc1. The first kappa shape index (κ1) is 19.1. The molecule has 27 heavy (non-hydrogen) atoms. The molecule has 0 amide bonds. The molecule has 7 heteroatoms. The van der Waals surface area contributed by atoms with E-state index >= 15 is 0 Å². The molecule has 0 saturated heterocycles. The van der Waals surface area contributed by atoms with Crippen LogP contribution in [0.25, 0.3) is 0 Å². The van der Waals surface area contributed by atoms with E-state index in [4.69, 9.17) is 4.74 Å². The van der Waals surface area contributed by atoms with E-state index < -0.39 is 10.0 Å². The monoisotopic (exact) mass is 385 g/mol. The number of aromatic nitrogens is 2. The normalized spacial score (nSPS) is 11.5. The Morgan fingerprint density at radius 3 is 2.33 bits per heavy atom. The van der Waals surface area contributed by atoms with Gasteiger partial charge in [-0.15, -0.1) is 0 Å². The van der Waals surface area contributed by atoms with Crippen molar-refractivity contribution in [2.24, 2.45) is 0 Å². The van der Waals surface area contributed by atoms with E-state index in [1.54, 1.807) is 19.2 Å². The molecule has 0 atom stereocenters. The molecule has 1 heterocycles. The van der Waals surface area contributed by atoms with Crippen molar-refractivity contribution < 1.29 is 13.2 Å². The Hall–Kier alpha value is -2.64. The van der Waals surface area contributed by atoms with Crippen molar-refractivity contribution in [1.82, 2.24) is 14.5 Å². The first-order chi connectivity index (χ1) is 12.9. The van der Waals surface area contributed by atoms with Gasteiger partial charge in [0.1, 0.15) is 5.75 Å². The number of sulfonamides is 1. The molecule has 2 aromatic carbocycles. The van der Waals surface area contributed by atoms with Crippen molar-refractivity contribution in [3.8, 4) is 5.75 Å². The average molecular weight is 385 g/mol. The standard InChI is InChI=1S/C20H23N3O3S/c1-15-20(16(2)23(22-15)14-17-7-5-4-6-8-17)13-21-27(24,25)19-11-9-18(26-3)10-12-19/h4-12,21H,13-14H2,1-3H3. The maximum atomic E-state index is 12.5. The number of rotatable bonds is 7. The summed E-state index contributed by atoms with van der Waals surface area (Å²) >= 11 is 0. The third-order valence-corrected chi connectivity index (χ3v) is 5.93. The second-order valence-electron chi connectivity index (χ2n) is 6.29. The van der Waals surface area contributed by atoms with E-state index in [0.29, 0.717) is 12.3 Å². The van der Waals surface area contributed by atoms with Crippen molar-refractivity contribution in [3.05, 3.63) is 77.1 Å². The summed E-state index contributed by atoms with van der Waals surface area (Å²) in [6, 6.07) is 16.4. The lowest BCUT2D eigenvalue weighted by Gasteiger charge is -2.09. The van der Waals surface area contributed by atoms with Crippen molar-refractivity contribution in [3.63, 3.8) is 0 Å². The van der Waals surface area contributed by atoms with Gasteiger partial charge in [-0.3, -0.25) is 4.68 Å². The lowest BCUT2D eigenvalue weighted by Crippen LogP contribution is -2.23. The van der Waals surface area contributed by atoms with Gasteiger partial charge in [0.05, 0.1) is 24.2 Å². The topological polar surface area (TPSA) is 73.2 Å². The molecule has 0 unspecified atom stereocenters. The molecule has 6 nitrogen and oxygen atoms in total. The largest absolute Gasteiger partial charge is 0.497 e. The number of nitrogens with zero attached hydrogens (tertiary/aromatic N) is 2. The third kappa shape index (κ3) is 4.37. The van der Waals surface area contributed by atoms with Gasteiger partial charge in [-0.1, -0.05) is 30.3 Å². The van der Waals surface area contributed by atoms with Crippen LogP contribution in [0.1, 0.15) is 22.5 Å². The number of hydrogen-bond acceptors (Lipinski definition) is 4. The fraction of sp³-hybridized carbons (Fsp3) is 0.250. The second-order valence-corrected chi connectivity index (χ2v) is 8.06. The van der Waals surface area contributed by atoms with Crippen LogP contribution in [0.2, 0.25) is 0 Å². The van der Waals surface area contributed by atoms with Gasteiger partial charge in [0.25, 0.3) is 0 Å². The molecule has 0 bridgehead atoms. The molecule has 1 N–H and O–H groups in total. The zero-order valence-corrected chi connectivity index (χ0v) is 16.5. The summed E-state index contributed by atoms with van der Waals surface area (Å²) in [6.45, 7) is 4.70. The van der Waals surface area contributed by atoms with Crippen LogP contribution in [0.3, 0.4) is 0 Å². The van der Waals surface area contributed by atoms with E-state index in [1.165, 1.54) is 12.1 Å². The summed E-state index contributed by atoms with van der Waals surface area (Å²) in [4.78, 5) is 0.204. The van der Waals surface area contributed by atoms with Crippen molar-refractivity contribution in [1.29, 1.82) is 0 Å². The number of hydrogen-bond donors (Lipinski definition) is 1. The molecule has 142 valence electrons. The van der Waals surface area contributed by atoms with E-state index in [9.17, 15) is 8.42 Å². The van der Waals surface area contributed by atoms with Gasteiger partial charge < -0.3 is 4.74 Å². The number of benzene rings is 2. The highest BCUT2D eigenvalue weighted by Gasteiger charge is 2.17. The van der Waals surface area contributed by atoms with Crippen molar-refractivity contribution >= 4 is 10.0 Å². The van der Waals surface area contributed by atoms with Crippen LogP contribution in [0.15, 0.2) is 59.5 Å². The molecule has 3 aromatic rings. The van der Waals surface area contributed by atoms with Gasteiger partial charge >= 0.3 is 0 Å². The summed E-state index contributed by atoms with van der Waals surface area (Å²) in [5.41, 5.74) is 3.81. The van der Waals surface area contributed by atoms with Crippen LogP contribution in [0.5, 0.6) is 5.75 Å². The number of aryl methyl sites for hydroxylation is 1. The summed E-state index contributed by atoms with van der Waals surface area (Å²) in [6.07, 6.45) is 0. The highest BCUT2D eigenvalue weighted by Crippen LogP contribution is 2.18. The first-order valence-corrected chi connectivity index (χ1v) is 10.1. The van der Waals surface area contributed by atoms with E-state index in [-0.39, 0.29) is 11.4 Å². The fourth-order valence-electron chi connectivity index (χ4n) is 2.91. The molecular formula is C20H23N3O3S. The molecule has 3 rings (SSSR count). The van der Waals surface area contributed by atoms with E-state index in [0.717, 1.165) is 22.5 Å². The zero-order chi connectivity index (χ0) is 19.4. The van der Waals surface area contributed by atoms with E-state index in [2.05, 4.69) is 9.82 Å². The van der Waals surface area contributed by atoms with Gasteiger partial charge in [-0.05, 0) is 43.7 Å². The van der Waals surface area contributed by atoms with Gasteiger partial charge in [0.15, 0.2) is 0 Å². The van der Waals surface area contributed by atoms with Gasteiger partial charge in [0, 0.05) is 17.8 Å². The molecule has 0 aliphatic carbocycles. The summed E-state index contributed by atoms with van der Waals surface area (Å²) in [7, 11) is -2.07. The molecule has 0 fully saturated rings. The Bertz CT molecular complexity index is 1010. The Morgan fingerprint density at radius 2 is 1.70 bits per heavy atom. The lowest BCUT2D eigenvalue weighted by molar-refractivity contribution is 0.414. The quantitative estimate of drug-likeness (QED) is 0.678. The highest BCUT2D eigenvalue weighted by molar-refractivity contribution is 7.89. The van der Waals surface area contributed by atoms with Crippen LogP contribution < -0.4 is 9.46 Å².